The van der Waals surface area contributed by atoms with Gasteiger partial charge in [0.1, 0.15) is 5.82 Å². The molecule has 3 atom stereocenters. The number of aromatic amines is 1. The zero-order valence-corrected chi connectivity index (χ0v) is 21.4. The molecule has 0 spiro atoms. The van der Waals surface area contributed by atoms with E-state index < -0.39 is 52.2 Å². The summed E-state index contributed by atoms with van der Waals surface area (Å²) >= 11 is 0. The summed E-state index contributed by atoms with van der Waals surface area (Å²) in [7, 11) is 0. The third-order valence-corrected chi connectivity index (χ3v) is 6.42. The lowest BCUT2D eigenvalue weighted by atomic mass is 9.97. The third kappa shape index (κ3) is 6.02. The molecule has 1 amide bonds. The fourth-order valence-electron chi connectivity index (χ4n) is 4.80. The number of morpholine rings is 1. The van der Waals surface area contributed by atoms with Gasteiger partial charge < -0.3 is 19.9 Å². The zero-order valence-electron chi connectivity index (χ0n) is 21.4. The Balaban J connectivity index is 1.73. The molecule has 39 heavy (non-hydrogen) atoms. The van der Waals surface area contributed by atoms with Gasteiger partial charge in [-0.25, -0.2) is 4.98 Å². The van der Waals surface area contributed by atoms with Crippen molar-refractivity contribution in [1.29, 1.82) is 0 Å². The Labute approximate surface area is 219 Å². The second-order valence-electron chi connectivity index (χ2n) is 9.70. The largest absolute Gasteiger partial charge is 0.418 e. The minimum absolute atomic E-state index is 0.116. The number of halogens is 6. The molecule has 7 nitrogen and oxygen atoms in total. The van der Waals surface area contributed by atoms with E-state index in [-0.39, 0.29) is 47.6 Å². The van der Waals surface area contributed by atoms with Crippen LogP contribution in [0.3, 0.4) is 0 Å². The molecule has 0 radical (unpaired) electrons. The number of ether oxygens (including phenoxy) is 1. The van der Waals surface area contributed by atoms with Gasteiger partial charge in [-0.2, -0.15) is 26.3 Å². The third-order valence-electron chi connectivity index (χ3n) is 6.42. The Bertz CT molecular complexity index is 1460. The lowest BCUT2D eigenvalue weighted by Crippen LogP contribution is -2.48. The average molecular weight is 557 g/mol. The Kier molecular flexibility index (Phi) is 7.41. The number of nitrogens with zero attached hydrogens (tertiary/aromatic N) is 2. The molecule has 13 heteroatoms. The normalized spacial score (nSPS) is 19.3. The minimum atomic E-state index is -4.92. The molecule has 210 valence electrons. The molecule has 1 aromatic heterocycles. The maximum atomic E-state index is 14.1. The van der Waals surface area contributed by atoms with Crippen molar-refractivity contribution in [3.63, 3.8) is 0 Å². The predicted octanol–water partition coefficient (Wildman–Crippen LogP) is 5.69. The first-order valence-electron chi connectivity index (χ1n) is 12.1. The topological polar surface area (TPSA) is 87.3 Å². The van der Waals surface area contributed by atoms with Gasteiger partial charge in [-0.1, -0.05) is 0 Å². The van der Waals surface area contributed by atoms with Crippen LogP contribution >= 0.6 is 0 Å². The lowest BCUT2D eigenvalue weighted by molar-refractivity contribution is -0.138. The number of carbonyl (C=O) groups excluding carboxylic acids is 1. The van der Waals surface area contributed by atoms with Crippen LogP contribution in [0.15, 0.2) is 35.1 Å². The van der Waals surface area contributed by atoms with E-state index in [0.29, 0.717) is 12.1 Å². The molecule has 4 rings (SSSR count). The summed E-state index contributed by atoms with van der Waals surface area (Å²) in [5.41, 5.74) is -4.37. The highest BCUT2D eigenvalue weighted by Crippen LogP contribution is 2.40. The number of hydrogen-bond acceptors (Lipinski definition) is 5. The first-order valence-corrected chi connectivity index (χ1v) is 12.1. The van der Waals surface area contributed by atoms with Crippen molar-refractivity contribution >= 4 is 22.5 Å². The number of rotatable bonds is 4. The van der Waals surface area contributed by atoms with Crippen molar-refractivity contribution in [2.75, 3.05) is 18.4 Å². The molecule has 1 unspecified atom stereocenters. The Morgan fingerprint density at radius 2 is 1.67 bits per heavy atom. The number of hydrogen-bond donors (Lipinski definition) is 2. The molecule has 2 heterocycles. The highest BCUT2D eigenvalue weighted by Gasteiger charge is 2.38. The number of anilines is 1. The van der Waals surface area contributed by atoms with Gasteiger partial charge in [-0.3, -0.25) is 9.59 Å². The van der Waals surface area contributed by atoms with Crippen LogP contribution in [0.5, 0.6) is 0 Å². The second-order valence-corrected chi connectivity index (χ2v) is 9.70. The van der Waals surface area contributed by atoms with E-state index in [2.05, 4.69) is 15.3 Å². The van der Waals surface area contributed by atoms with E-state index in [9.17, 15) is 35.9 Å². The molecule has 0 bridgehead atoms. The van der Waals surface area contributed by atoms with Crippen LogP contribution in [0, 0.1) is 6.92 Å². The smallest absolute Gasteiger partial charge is 0.378 e. The second kappa shape index (κ2) is 10.2. The zero-order chi connectivity index (χ0) is 28.9. The van der Waals surface area contributed by atoms with Crippen LogP contribution in [0.2, 0.25) is 0 Å². The maximum Gasteiger partial charge on any atom is 0.418 e. The number of carbonyl (C=O) groups is 1. The number of amides is 1. The Morgan fingerprint density at radius 1 is 1.05 bits per heavy atom. The van der Waals surface area contributed by atoms with Crippen LogP contribution in [0.25, 0.3) is 10.9 Å². The fraction of sp³-hybridized carbons (Fsp3) is 0.423. The van der Waals surface area contributed by atoms with Gasteiger partial charge in [0.05, 0.1) is 34.2 Å². The number of nitrogens with one attached hydrogen (secondary N) is 2. The first-order chi connectivity index (χ1) is 18.0. The van der Waals surface area contributed by atoms with Gasteiger partial charge in [0.2, 0.25) is 0 Å². The Hall–Kier alpha value is -3.61. The van der Waals surface area contributed by atoms with E-state index in [1.54, 1.807) is 13.8 Å². The van der Waals surface area contributed by atoms with Crippen LogP contribution in [0.1, 0.15) is 59.7 Å². The molecular formula is C26H26F6N4O3. The molecule has 1 fully saturated rings. The van der Waals surface area contributed by atoms with Crippen LogP contribution < -0.4 is 10.9 Å². The quantitative estimate of drug-likeness (QED) is 0.403. The molecular weight excluding hydrogens is 530 g/mol. The number of H-pyrrole nitrogens is 1. The number of alkyl halides is 6. The molecule has 0 saturated carbocycles. The van der Waals surface area contributed by atoms with E-state index in [0.717, 1.165) is 12.1 Å². The highest BCUT2D eigenvalue weighted by molar-refractivity contribution is 5.95. The number of aryl methyl sites for hydroxylation is 1. The van der Waals surface area contributed by atoms with Gasteiger partial charge in [0.25, 0.3) is 11.5 Å². The van der Waals surface area contributed by atoms with Gasteiger partial charge in [-0.05, 0) is 63.6 Å². The Morgan fingerprint density at radius 3 is 2.26 bits per heavy atom. The van der Waals surface area contributed by atoms with Crippen molar-refractivity contribution in [1.82, 2.24) is 14.9 Å². The summed E-state index contributed by atoms with van der Waals surface area (Å²) in [6.07, 6.45) is -10.4. The van der Waals surface area contributed by atoms with Crippen molar-refractivity contribution in [3.05, 3.63) is 68.8 Å². The number of benzene rings is 2. The fourth-order valence-corrected chi connectivity index (χ4v) is 4.80. The van der Waals surface area contributed by atoms with Gasteiger partial charge in [0.15, 0.2) is 0 Å². The minimum Gasteiger partial charge on any atom is -0.378 e. The van der Waals surface area contributed by atoms with E-state index >= 15 is 0 Å². The average Bonchev–Trinajstić information content (AvgIpc) is 2.81. The SMILES string of the molecule is Cc1nc2cc(C(F)(F)F)c(C(C)Nc3ccc(C(=O)N4C[C@@H](C)O[C@@H](C)C4)cc3C(F)(F)F)cc2c(=O)[nH]1. The van der Waals surface area contributed by atoms with E-state index in [1.807, 2.05) is 0 Å². The highest BCUT2D eigenvalue weighted by atomic mass is 19.4. The number of aromatic nitrogens is 2. The standard InChI is InChI=1S/C26H26F6N4O3/c1-12-10-36(11-13(2)39-12)24(38)16-5-6-21(20(7-16)26(30,31)32)33-14(3)17-8-18-22(9-19(17)25(27,28)29)34-15(4)35-23(18)37/h5-9,12-14,33H,10-11H2,1-4H3,(H,34,35,37)/t12-,13+,14?. The van der Waals surface area contributed by atoms with Crippen LogP contribution in [-0.2, 0) is 17.1 Å². The molecule has 1 saturated heterocycles. The lowest BCUT2D eigenvalue weighted by Gasteiger charge is -2.35. The van der Waals surface area contributed by atoms with Crippen molar-refractivity contribution in [2.24, 2.45) is 0 Å². The molecule has 1 aliphatic heterocycles. The summed E-state index contributed by atoms with van der Waals surface area (Å²) in [4.78, 5) is 33.1. The summed E-state index contributed by atoms with van der Waals surface area (Å²) in [5.74, 6) is -0.497. The van der Waals surface area contributed by atoms with Gasteiger partial charge in [0, 0.05) is 30.4 Å². The molecule has 1 aliphatic rings. The van der Waals surface area contributed by atoms with Gasteiger partial charge in [-0.15, -0.1) is 0 Å². The van der Waals surface area contributed by atoms with Crippen LogP contribution in [0.4, 0.5) is 32.0 Å². The molecule has 2 N–H and O–H groups in total. The summed E-state index contributed by atoms with van der Waals surface area (Å²) in [6, 6.07) is 3.28. The van der Waals surface area contributed by atoms with Crippen molar-refractivity contribution in [3.8, 4) is 0 Å². The van der Waals surface area contributed by atoms with E-state index in [1.165, 1.54) is 24.8 Å². The molecule has 2 aromatic carbocycles. The summed E-state index contributed by atoms with van der Waals surface area (Å²) in [6.45, 7) is 6.58. The van der Waals surface area contributed by atoms with Crippen LogP contribution in [-0.4, -0.2) is 46.1 Å². The molecule has 0 aliphatic carbocycles. The van der Waals surface area contributed by atoms with E-state index in [4.69, 9.17) is 4.74 Å². The predicted molar refractivity (Wildman–Crippen MR) is 131 cm³/mol. The number of fused-ring (bicyclic) bond motifs is 1. The van der Waals surface area contributed by atoms with Crippen molar-refractivity contribution in [2.45, 2.75) is 58.3 Å². The monoisotopic (exact) mass is 556 g/mol. The van der Waals surface area contributed by atoms with Crippen molar-refractivity contribution < 1.29 is 35.9 Å². The summed E-state index contributed by atoms with van der Waals surface area (Å²) < 4.78 is 89.6. The summed E-state index contributed by atoms with van der Waals surface area (Å²) in [5, 5.41) is 2.37. The maximum absolute atomic E-state index is 14.1. The van der Waals surface area contributed by atoms with Gasteiger partial charge >= 0.3 is 12.4 Å². The molecule has 3 aromatic rings. The first kappa shape index (κ1) is 28.4.